The van der Waals surface area contributed by atoms with Crippen LogP contribution in [0.15, 0.2) is 24.3 Å². The predicted molar refractivity (Wildman–Crippen MR) is 107 cm³/mol. The molecular weight excluding hydrogens is 358 g/mol. The SMILES string of the molecule is CCN(CC)C(=O)[C@@H](NC(=O)c1ccc(OC)cc1)C1CCN(C(C)=O)CC1. The van der Waals surface area contributed by atoms with Crippen molar-refractivity contribution in [2.24, 2.45) is 5.92 Å². The number of amides is 3. The summed E-state index contributed by atoms with van der Waals surface area (Å²) in [5, 5.41) is 2.96. The Morgan fingerprint density at radius 3 is 2.18 bits per heavy atom. The van der Waals surface area contributed by atoms with Gasteiger partial charge in [-0.25, -0.2) is 0 Å². The standard InChI is InChI=1S/C21H31N3O4/c1-5-23(6-2)21(27)19(16-11-13-24(14-12-16)15(3)25)22-20(26)17-7-9-18(28-4)10-8-17/h7-10,16,19H,5-6,11-14H2,1-4H3,(H,22,26)/t19-/m0/s1. The van der Waals surface area contributed by atoms with Gasteiger partial charge in [0.2, 0.25) is 11.8 Å². The molecule has 1 fully saturated rings. The minimum Gasteiger partial charge on any atom is -0.497 e. The molecule has 1 aliphatic rings. The number of nitrogens with one attached hydrogen (secondary N) is 1. The predicted octanol–water partition coefficient (Wildman–Crippen LogP) is 1.92. The van der Waals surface area contributed by atoms with Crippen molar-refractivity contribution in [1.29, 1.82) is 0 Å². The topological polar surface area (TPSA) is 79.0 Å². The second-order valence-electron chi connectivity index (χ2n) is 7.03. The Morgan fingerprint density at radius 1 is 1.14 bits per heavy atom. The number of likely N-dealkylation sites (tertiary alicyclic amines) is 1. The third-order valence-corrected chi connectivity index (χ3v) is 5.44. The zero-order chi connectivity index (χ0) is 20.7. The largest absolute Gasteiger partial charge is 0.497 e. The fourth-order valence-electron chi connectivity index (χ4n) is 3.63. The van der Waals surface area contributed by atoms with Crippen LogP contribution in [-0.4, -0.2) is 66.9 Å². The molecule has 1 aliphatic heterocycles. The Hall–Kier alpha value is -2.57. The molecule has 1 aromatic carbocycles. The van der Waals surface area contributed by atoms with Gasteiger partial charge in [-0.15, -0.1) is 0 Å². The summed E-state index contributed by atoms with van der Waals surface area (Å²) in [7, 11) is 1.57. The van der Waals surface area contributed by atoms with E-state index in [4.69, 9.17) is 4.74 Å². The van der Waals surface area contributed by atoms with Crippen LogP contribution in [0.3, 0.4) is 0 Å². The lowest BCUT2D eigenvalue weighted by Crippen LogP contribution is -2.54. The molecule has 1 N–H and O–H groups in total. The number of ether oxygens (including phenoxy) is 1. The summed E-state index contributed by atoms with van der Waals surface area (Å²) in [6.07, 6.45) is 1.39. The first-order valence-electron chi connectivity index (χ1n) is 9.90. The van der Waals surface area contributed by atoms with Gasteiger partial charge in [0.1, 0.15) is 11.8 Å². The summed E-state index contributed by atoms with van der Waals surface area (Å²) in [5.74, 6) is 0.387. The van der Waals surface area contributed by atoms with Crippen LogP contribution in [0.4, 0.5) is 0 Å². The van der Waals surface area contributed by atoms with Crippen molar-refractivity contribution >= 4 is 17.7 Å². The first kappa shape index (κ1) is 21.7. The van der Waals surface area contributed by atoms with E-state index < -0.39 is 6.04 Å². The average molecular weight is 389 g/mol. The monoisotopic (exact) mass is 389 g/mol. The van der Waals surface area contributed by atoms with E-state index in [-0.39, 0.29) is 23.6 Å². The molecule has 0 radical (unpaired) electrons. The lowest BCUT2D eigenvalue weighted by atomic mass is 9.88. The van der Waals surface area contributed by atoms with Crippen LogP contribution in [0.25, 0.3) is 0 Å². The van der Waals surface area contributed by atoms with Gasteiger partial charge in [-0.3, -0.25) is 14.4 Å². The van der Waals surface area contributed by atoms with E-state index in [0.29, 0.717) is 50.3 Å². The maximum absolute atomic E-state index is 13.1. The van der Waals surface area contributed by atoms with Crippen LogP contribution in [0.1, 0.15) is 44.0 Å². The third kappa shape index (κ3) is 5.24. The van der Waals surface area contributed by atoms with E-state index in [2.05, 4.69) is 5.32 Å². The van der Waals surface area contributed by atoms with E-state index in [9.17, 15) is 14.4 Å². The molecule has 0 bridgehead atoms. The van der Waals surface area contributed by atoms with Crippen molar-refractivity contribution < 1.29 is 19.1 Å². The summed E-state index contributed by atoms with van der Waals surface area (Å²) in [6, 6.07) is 6.23. The number of likely N-dealkylation sites (N-methyl/N-ethyl adjacent to an activating group) is 1. The molecule has 2 rings (SSSR count). The molecule has 0 unspecified atom stereocenters. The Balaban J connectivity index is 2.16. The number of nitrogens with zero attached hydrogens (tertiary/aromatic N) is 2. The third-order valence-electron chi connectivity index (χ3n) is 5.44. The summed E-state index contributed by atoms with van der Waals surface area (Å²) in [6.45, 7) is 7.84. The summed E-state index contributed by atoms with van der Waals surface area (Å²) in [4.78, 5) is 41.0. The lowest BCUT2D eigenvalue weighted by molar-refractivity contribution is -0.135. The van der Waals surface area contributed by atoms with Gasteiger partial charge in [-0.1, -0.05) is 0 Å². The first-order valence-corrected chi connectivity index (χ1v) is 9.90. The molecule has 7 heteroatoms. The van der Waals surface area contributed by atoms with Gasteiger partial charge in [0, 0.05) is 38.7 Å². The van der Waals surface area contributed by atoms with Crippen LogP contribution in [0.2, 0.25) is 0 Å². The van der Waals surface area contributed by atoms with Crippen LogP contribution in [0.5, 0.6) is 5.75 Å². The lowest BCUT2D eigenvalue weighted by Gasteiger charge is -2.37. The molecule has 1 saturated heterocycles. The number of benzene rings is 1. The summed E-state index contributed by atoms with van der Waals surface area (Å²) >= 11 is 0. The average Bonchev–Trinajstić information content (AvgIpc) is 2.72. The molecule has 1 heterocycles. The van der Waals surface area contributed by atoms with Crippen molar-refractivity contribution in [3.63, 3.8) is 0 Å². The van der Waals surface area contributed by atoms with E-state index in [1.165, 1.54) is 0 Å². The van der Waals surface area contributed by atoms with Gasteiger partial charge in [-0.2, -0.15) is 0 Å². The zero-order valence-corrected chi connectivity index (χ0v) is 17.2. The molecule has 154 valence electrons. The number of hydrogen-bond donors (Lipinski definition) is 1. The quantitative estimate of drug-likeness (QED) is 0.773. The van der Waals surface area contributed by atoms with Crippen LogP contribution >= 0.6 is 0 Å². The number of rotatable bonds is 7. The molecular formula is C21H31N3O4. The first-order chi connectivity index (χ1) is 13.4. The Kier molecular flexibility index (Phi) is 7.84. The second-order valence-corrected chi connectivity index (χ2v) is 7.03. The van der Waals surface area contributed by atoms with Crippen LogP contribution < -0.4 is 10.1 Å². The molecule has 0 spiro atoms. The Bertz CT molecular complexity index is 677. The van der Waals surface area contributed by atoms with E-state index >= 15 is 0 Å². The molecule has 0 saturated carbocycles. The van der Waals surface area contributed by atoms with Gasteiger partial charge in [0.05, 0.1) is 7.11 Å². The number of hydrogen-bond acceptors (Lipinski definition) is 4. The second kappa shape index (κ2) is 10.1. The van der Waals surface area contributed by atoms with Gasteiger partial charge in [0.25, 0.3) is 5.91 Å². The molecule has 0 aromatic heterocycles. The number of methoxy groups -OCH3 is 1. The smallest absolute Gasteiger partial charge is 0.251 e. The maximum atomic E-state index is 13.1. The van der Waals surface area contributed by atoms with Gasteiger partial charge >= 0.3 is 0 Å². The minimum atomic E-state index is -0.594. The highest BCUT2D eigenvalue weighted by atomic mass is 16.5. The van der Waals surface area contributed by atoms with Gasteiger partial charge < -0.3 is 19.9 Å². The molecule has 7 nitrogen and oxygen atoms in total. The molecule has 1 aromatic rings. The van der Waals surface area contributed by atoms with E-state index in [1.54, 1.807) is 48.1 Å². The zero-order valence-electron chi connectivity index (χ0n) is 17.2. The normalized spacial score (nSPS) is 15.6. The van der Waals surface area contributed by atoms with Crippen molar-refractivity contribution in [1.82, 2.24) is 15.1 Å². The van der Waals surface area contributed by atoms with Crippen LogP contribution in [0, 0.1) is 5.92 Å². The van der Waals surface area contributed by atoms with Crippen molar-refractivity contribution in [3.05, 3.63) is 29.8 Å². The maximum Gasteiger partial charge on any atom is 0.251 e. The highest BCUT2D eigenvalue weighted by molar-refractivity contribution is 5.97. The molecule has 3 amide bonds. The van der Waals surface area contributed by atoms with Crippen LogP contribution in [-0.2, 0) is 9.59 Å². The van der Waals surface area contributed by atoms with E-state index in [1.807, 2.05) is 13.8 Å². The van der Waals surface area contributed by atoms with E-state index in [0.717, 1.165) is 0 Å². The molecule has 28 heavy (non-hydrogen) atoms. The van der Waals surface area contributed by atoms with Gasteiger partial charge in [-0.05, 0) is 56.9 Å². The number of carbonyl (C=O) groups is 3. The van der Waals surface area contributed by atoms with Crippen molar-refractivity contribution in [2.45, 2.75) is 39.7 Å². The molecule has 1 atom stereocenters. The Morgan fingerprint density at radius 2 is 1.71 bits per heavy atom. The fraction of sp³-hybridized carbons (Fsp3) is 0.571. The van der Waals surface area contributed by atoms with Crippen molar-refractivity contribution in [2.75, 3.05) is 33.3 Å². The number of piperidine rings is 1. The molecule has 0 aliphatic carbocycles. The minimum absolute atomic E-state index is 0.00546. The summed E-state index contributed by atoms with van der Waals surface area (Å²) in [5.41, 5.74) is 0.485. The van der Waals surface area contributed by atoms with Gasteiger partial charge in [0.15, 0.2) is 0 Å². The summed E-state index contributed by atoms with van der Waals surface area (Å²) < 4.78 is 5.13. The highest BCUT2D eigenvalue weighted by Crippen LogP contribution is 2.23. The van der Waals surface area contributed by atoms with Crippen molar-refractivity contribution in [3.8, 4) is 5.75 Å². The Labute approximate surface area is 167 Å². The fourth-order valence-corrected chi connectivity index (χ4v) is 3.63. The number of carbonyl (C=O) groups excluding carboxylic acids is 3. The highest BCUT2D eigenvalue weighted by Gasteiger charge is 2.35.